The summed E-state index contributed by atoms with van der Waals surface area (Å²) in [5.74, 6) is 0.805. The van der Waals surface area contributed by atoms with E-state index in [1.165, 1.54) is 0 Å². The highest BCUT2D eigenvalue weighted by Gasteiger charge is 2.38. The normalized spacial score (nSPS) is 26.1. The molecule has 0 saturated heterocycles. The molecule has 1 aromatic carbocycles. The maximum Gasteiger partial charge on any atom is 0.272 e. The first-order chi connectivity index (χ1) is 9.15. The summed E-state index contributed by atoms with van der Waals surface area (Å²) in [5.41, 5.74) is 4.02. The monoisotopic (exact) mass is 294 g/mol. The molecule has 1 amide bonds. The van der Waals surface area contributed by atoms with E-state index in [0.717, 1.165) is 18.6 Å². The maximum absolute atomic E-state index is 12.0. The number of nitrogens with zero attached hydrogens (tertiary/aromatic N) is 1. The zero-order valence-corrected chi connectivity index (χ0v) is 11.6. The summed E-state index contributed by atoms with van der Waals surface area (Å²) in [6, 6.07) is 4.78. The van der Waals surface area contributed by atoms with Crippen molar-refractivity contribution in [2.75, 3.05) is 0 Å². The average Bonchev–Trinajstić information content (AvgIpc) is 2.71. The molecule has 2 unspecified atom stereocenters. The van der Waals surface area contributed by atoms with Gasteiger partial charge in [0, 0.05) is 16.7 Å². The molecule has 1 saturated carbocycles. The fourth-order valence-electron chi connectivity index (χ4n) is 2.52. The van der Waals surface area contributed by atoms with E-state index in [0.29, 0.717) is 27.4 Å². The first-order valence-corrected chi connectivity index (χ1v) is 6.89. The van der Waals surface area contributed by atoms with Gasteiger partial charge in [0.15, 0.2) is 0 Å². The van der Waals surface area contributed by atoms with Crippen LogP contribution in [-0.2, 0) is 0 Å². The Morgan fingerprint density at radius 3 is 2.95 bits per heavy atom. The minimum absolute atomic E-state index is 0.302. The summed E-state index contributed by atoms with van der Waals surface area (Å²) >= 11 is 11.8. The molecule has 2 aliphatic carbocycles. The van der Waals surface area contributed by atoms with E-state index in [1.54, 1.807) is 18.2 Å². The van der Waals surface area contributed by atoms with Crippen LogP contribution in [0.3, 0.4) is 0 Å². The molecule has 0 spiro atoms. The summed E-state index contributed by atoms with van der Waals surface area (Å²) in [6.07, 6.45) is 6.37. The first kappa shape index (κ1) is 12.7. The van der Waals surface area contributed by atoms with E-state index >= 15 is 0 Å². The number of carbonyl (C=O) groups excluding carboxylic acids is 1. The van der Waals surface area contributed by atoms with Gasteiger partial charge in [-0.25, -0.2) is 5.43 Å². The van der Waals surface area contributed by atoms with E-state index in [9.17, 15) is 4.79 Å². The first-order valence-electron chi connectivity index (χ1n) is 6.13. The quantitative estimate of drug-likeness (QED) is 0.656. The lowest BCUT2D eigenvalue weighted by Crippen LogP contribution is -2.35. The molecule has 0 aromatic heterocycles. The third-order valence-corrected chi connectivity index (χ3v) is 4.19. The topological polar surface area (TPSA) is 41.5 Å². The van der Waals surface area contributed by atoms with Crippen molar-refractivity contribution in [3.63, 3.8) is 0 Å². The largest absolute Gasteiger partial charge is 0.272 e. The van der Waals surface area contributed by atoms with Gasteiger partial charge < -0.3 is 0 Å². The second-order valence-electron chi connectivity index (χ2n) is 4.81. The van der Waals surface area contributed by atoms with Crippen LogP contribution in [0, 0.1) is 11.8 Å². The molecule has 19 heavy (non-hydrogen) atoms. The van der Waals surface area contributed by atoms with Crippen LogP contribution in [0.2, 0.25) is 10.0 Å². The minimum atomic E-state index is -0.302. The van der Waals surface area contributed by atoms with Gasteiger partial charge in [-0.15, -0.1) is 0 Å². The summed E-state index contributed by atoms with van der Waals surface area (Å²) in [4.78, 5) is 12.0. The smallest absolute Gasteiger partial charge is 0.267 e. The predicted molar refractivity (Wildman–Crippen MR) is 76.7 cm³/mol. The molecular weight excluding hydrogens is 283 g/mol. The van der Waals surface area contributed by atoms with Gasteiger partial charge in [-0.3, -0.25) is 4.79 Å². The molecule has 5 heteroatoms. The van der Waals surface area contributed by atoms with Gasteiger partial charge in [-0.2, -0.15) is 5.10 Å². The summed E-state index contributed by atoms with van der Waals surface area (Å²) in [5, 5.41) is 5.04. The Morgan fingerprint density at radius 1 is 1.37 bits per heavy atom. The number of hydrogen-bond donors (Lipinski definition) is 1. The molecule has 2 atom stereocenters. The lowest BCUT2D eigenvalue weighted by atomic mass is 9.74. The number of amides is 1. The van der Waals surface area contributed by atoms with Crippen molar-refractivity contribution in [3.05, 3.63) is 46.0 Å². The van der Waals surface area contributed by atoms with Gasteiger partial charge in [0.25, 0.3) is 5.91 Å². The van der Waals surface area contributed by atoms with E-state index in [1.807, 2.05) is 0 Å². The number of allylic oxidation sites excluding steroid dienone is 2. The average molecular weight is 295 g/mol. The van der Waals surface area contributed by atoms with Crippen molar-refractivity contribution in [2.45, 2.75) is 12.8 Å². The van der Waals surface area contributed by atoms with Gasteiger partial charge in [-0.1, -0.05) is 35.4 Å². The summed E-state index contributed by atoms with van der Waals surface area (Å²) in [6.45, 7) is 0. The number of halogens is 2. The van der Waals surface area contributed by atoms with Crippen molar-refractivity contribution in [2.24, 2.45) is 16.9 Å². The van der Waals surface area contributed by atoms with Crippen LogP contribution >= 0.6 is 23.2 Å². The molecule has 0 heterocycles. The Kier molecular flexibility index (Phi) is 3.33. The predicted octanol–water partition coefficient (Wildman–Crippen LogP) is 3.68. The minimum Gasteiger partial charge on any atom is -0.267 e. The van der Waals surface area contributed by atoms with Gasteiger partial charge >= 0.3 is 0 Å². The molecule has 2 aliphatic rings. The van der Waals surface area contributed by atoms with Crippen molar-refractivity contribution < 1.29 is 4.79 Å². The van der Waals surface area contributed by atoms with Crippen LogP contribution < -0.4 is 5.43 Å². The molecule has 0 radical (unpaired) electrons. The Labute approximate surface area is 121 Å². The van der Waals surface area contributed by atoms with Crippen LogP contribution in [0.5, 0.6) is 0 Å². The lowest BCUT2D eigenvalue weighted by Gasteiger charge is -2.31. The Bertz CT molecular complexity index is 595. The van der Waals surface area contributed by atoms with Crippen LogP contribution in [0.1, 0.15) is 23.2 Å². The second-order valence-corrected chi connectivity index (χ2v) is 5.65. The number of hydrogen-bond acceptors (Lipinski definition) is 2. The highest BCUT2D eigenvalue weighted by Crippen LogP contribution is 2.40. The number of benzene rings is 1. The van der Waals surface area contributed by atoms with Crippen LogP contribution in [0.4, 0.5) is 0 Å². The zero-order chi connectivity index (χ0) is 13.4. The molecule has 0 bridgehead atoms. The highest BCUT2D eigenvalue weighted by atomic mass is 35.5. The Morgan fingerprint density at radius 2 is 2.21 bits per heavy atom. The van der Waals surface area contributed by atoms with E-state index in [2.05, 4.69) is 22.7 Å². The third-order valence-electron chi connectivity index (χ3n) is 3.64. The number of rotatable bonds is 2. The molecular formula is C14H12Cl2N2O. The fraction of sp³-hybridized carbons (Fsp3) is 0.286. The lowest BCUT2D eigenvalue weighted by molar-refractivity contribution is 0.0954. The Hall–Kier alpha value is -1.32. The number of nitrogens with one attached hydrogen (secondary N) is 1. The van der Waals surface area contributed by atoms with Gasteiger partial charge in [-0.05, 0) is 37.0 Å². The van der Waals surface area contributed by atoms with Crippen LogP contribution in [0.25, 0.3) is 0 Å². The molecule has 3 rings (SSSR count). The number of fused-ring (bicyclic) bond motifs is 1. The zero-order valence-electron chi connectivity index (χ0n) is 10.1. The van der Waals surface area contributed by atoms with Crippen LogP contribution in [-0.4, -0.2) is 11.6 Å². The van der Waals surface area contributed by atoms with Crippen molar-refractivity contribution in [1.29, 1.82) is 0 Å². The second kappa shape index (κ2) is 4.99. The molecule has 3 nitrogen and oxygen atoms in total. The van der Waals surface area contributed by atoms with Gasteiger partial charge in [0.05, 0.1) is 10.6 Å². The highest BCUT2D eigenvalue weighted by molar-refractivity contribution is 6.36. The van der Waals surface area contributed by atoms with Crippen molar-refractivity contribution >= 4 is 34.8 Å². The SMILES string of the molecule is O=C(N/N=C1/CC2C=CCC12)c1ccc(Cl)cc1Cl. The van der Waals surface area contributed by atoms with Crippen LogP contribution in [0.15, 0.2) is 35.5 Å². The molecule has 0 aliphatic heterocycles. The summed E-state index contributed by atoms with van der Waals surface area (Å²) < 4.78 is 0. The van der Waals surface area contributed by atoms with Gasteiger partial charge in [0.2, 0.25) is 0 Å². The molecule has 1 fully saturated rings. The number of carbonyl (C=O) groups is 1. The van der Waals surface area contributed by atoms with Crippen molar-refractivity contribution in [3.8, 4) is 0 Å². The third kappa shape index (κ3) is 2.40. The number of hydrazone groups is 1. The molecule has 1 aromatic rings. The standard InChI is InChI=1S/C14H12Cl2N2O/c15-9-4-5-11(12(16)7-9)14(19)18-17-13-6-8-2-1-3-10(8)13/h1-2,4-5,7-8,10H,3,6H2,(H,18,19)/b17-13-. The summed E-state index contributed by atoms with van der Waals surface area (Å²) in [7, 11) is 0. The fourth-order valence-corrected chi connectivity index (χ4v) is 3.01. The molecule has 1 N–H and O–H groups in total. The maximum atomic E-state index is 12.0. The van der Waals surface area contributed by atoms with Crippen molar-refractivity contribution in [1.82, 2.24) is 5.43 Å². The van der Waals surface area contributed by atoms with E-state index in [-0.39, 0.29) is 5.91 Å². The van der Waals surface area contributed by atoms with E-state index in [4.69, 9.17) is 23.2 Å². The Balaban J connectivity index is 1.67. The molecule has 98 valence electrons. The van der Waals surface area contributed by atoms with Gasteiger partial charge in [0.1, 0.15) is 0 Å². The van der Waals surface area contributed by atoms with E-state index < -0.39 is 0 Å².